The third kappa shape index (κ3) is 0.998. The maximum absolute atomic E-state index is 12.6. The minimum absolute atomic E-state index is 0.0772. The van der Waals surface area contributed by atoms with Crippen LogP contribution in [0.15, 0.2) is 23.8 Å². The molecule has 1 rings (SSSR count). The number of alkyl halides is 4. The van der Waals surface area contributed by atoms with E-state index in [1.165, 1.54) is 0 Å². The Morgan fingerprint density at radius 2 is 1.83 bits per heavy atom. The minimum atomic E-state index is -4.38. The quantitative estimate of drug-likeness (QED) is 0.520. The molecule has 1 aliphatic rings. The van der Waals surface area contributed by atoms with Crippen molar-refractivity contribution >= 4 is 0 Å². The molecule has 0 atom stereocenters. The van der Waals surface area contributed by atoms with Crippen molar-refractivity contribution in [3.05, 3.63) is 23.8 Å². The lowest BCUT2D eigenvalue weighted by Crippen LogP contribution is -2.41. The number of rotatable bonds is 0. The normalized spacial score (nSPS) is 24.4. The second kappa shape index (κ2) is 2.34. The predicted molar refractivity (Wildman–Crippen MR) is 32.7 cm³/mol. The Hall–Kier alpha value is -1.31. The van der Waals surface area contributed by atoms with Gasteiger partial charge in [-0.15, -0.1) is 0 Å². The molecule has 0 aromatic rings. The molecule has 0 amide bonds. The summed E-state index contributed by atoms with van der Waals surface area (Å²) >= 11 is 0. The fourth-order valence-electron chi connectivity index (χ4n) is 0.762. The molecule has 64 valence electrons. The molecule has 0 radical (unpaired) electrons. The van der Waals surface area contributed by atoms with Crippen molar-refractivity contribution in [2.45, 2.75) is 11.8 Å². The summed E-state index contributed by atoms with van der Waals surface area (Å²) in [5, 5.41) is 8.09. The van der Waals surface area contributed by atoms with E-state index < -0.39 is 17.4 Å². The maximum Gasteiger partial charge on any atom is 0.348 e. The van der Waals surface area contributed by atoms with Gasteiger partial charge in [-0.2, -0.15) is 22.8 Å². The van der Waals surface area contributed by atoms with Crippen LogP contribution in [0.3, 0.4) is 0 Å². The van der Waals surface area contributed by atoms with Gasteiger partial charge < -0.3 is 0 Å². The number of nitrogens with zero attached hydrogens (tertiary/aromatic N) is 1. The van der Waals surface area contributed by atoms with Crippen molar-refractivity contribution in [1.29, 1.82) is 5.26 Å². The molecule has 0 bridgehead atoms. The van der Waals surface area contributed by atoms with Crippen LogP contribution in [0.5, 0.6) is 0 Å². The SMILES string of the molecule is N#CC1=CC=CC(F)(F)C1(F)F. The average molecular weight is 177 g/mol. The number of hydrogen-bond acceptors (Lipinski definition) is 1. The van der Waals surface area contributed by atoms with Gasteiger partial charge >= 0.3 is 11.8 Å². The molecular weight excluding hydrogens is 174 g/mol. The highest BCUT2D eigenvalue weighted by molar-refractivity contribution is 5.40. The van der Waals surface area contributed by atoms with Crippen molar-refractivity contribution < 1.29 is 17.6 Å². The molecule has 0 unspecified atom stereocenters. The first-order valence-electron chi connectivity index (χ1n) is 2.97. The maximum atomic E-state index is 12.6. The van der Waals surface area contributed by atoms with E-state index >= 15 is 0 Å². The smallest absolute Gasteiger partial charge is 0.195 e. The molecule has 0 spiro atoms. The van der Waals surface area contributed by atoms with E-state index in [9.17, 15) is 17.6 Å². The summed E-state index contributed by atoms with van der Waals surface area (Å²) in [6.45, 7) is 0. The topological polar surface area (TPSA) is 23.8 Å². The molecule has 5 heteroatoms. The molecule has 0 heterocycles. The van der Waals surface area contributed by atoms with E-state index in [1.54, 1.807) is 0 Å². The molecular formula is C7H3F4N. The van der Waals surface area contributed by atoms with Crippen LogP contribution in [0.1, 0.15) is 0 Å². The zero-order valence-electron chi connectivity index (χ0n) is 5.69. The van der Waals surface area contributed by atoms with Gasteiger partial charge in [0.15, 0.2) is 0 Å². The Morgan fingerprint density at radius 3 is 2.25 bits per heavy atom. The number of allylic oxidation sites excluding steroid dienone is 4. The molecule has 0 aromatic heterocycles. The summed E-state index contributed by atoms with van der Waals surface area (Å²) in [6, 6.07) is 1.03. The molecule has 1 aliphatic carbocycles. The molecule has 0 aliphatic heterocycles. The summed E-state index contributed by atoms with van der Waals surface area (Å²) < 4.78 is 49.9. The third-order valence-corrected chi connectivity index (χ3v) is 1.45. The van der Waals surface area contributed by atoms with E-state index in [1.807, 2.05) is 0 Å². The Morgan fingerprint density at radius 1 is 1.25 bits per heavy atom. The van der Waals surface area contributed by atoms with Gasteiger partial charge in [0.2, 0.25) is 0 Å². The Balaban J connectivity index is 3.18. The van der Waals surface area contributed by atoms with Gasteiger partial charge in [0, 0.05) is 0 Å². The Kier molecular flexibility index (Phi) is 1.71. The summed E-state index contributed by atoms with van der Waals surface area (Å²) in [4.78, 5) is 0. The van der Waals surface area contributed by atoms with Crippen LogP contribution >= 0.6 is 0 Å². The van der Waals surface area contributed by atoms with Crippen LogP contribution in [-0.2, 0) is 0 Å². The van der Waals surface area contributed by atoms with Crippen LogP contribution in [0, 0.1) is 11.3 Å². The molecule has 0 fully saturated rings. The van der Waals surface area contributed by atoms with Crippen molar-refractivity contribution in [3.63, 3.8) is 0 Å². The van der Waals surface area contributed by atoms with Gasteiger partial charge in [0.1, 0.15) is 11.6 Å². The lowest BCUT2D eigenvalue weighted by molar-refractivity contribution is -0.152. The third-order valence-electron chi connectivity index (χ3n) is 1.45. The molecule has 1 nitrogen and oxygen atoms in total. The van der Waals surface area contributed by atoms with E-state index in [4.69, 9.17) is 5.26 Å². The van der Waals surface area contributed by atoms with E-state index in [-0.39, 0.29) is 6.08 Å². The van der Waals surface area contributed by atoms with E-state index in [2.05, 4.69) is 0 Å². The van der Waals surface area contributed by atoms with E-state index in [0.29, 0.717) is 6.08 Å². The second-order valence-electron chi connectivity index (χ2n) is 2.25. The van der Waals surface area contributed by atoms with Crippen molar-refractivity contribution in [3.8, 4) is 6.07 Å². The summed E-state index contributed by atoms with van der Waals surface area (Å²) in [5.74, 6) is -8.64. The predicted octanol–water partition coefficient (Wildman–Crippen LogP) is 2.28. The van der Waals surface area contributed by atoms with Crippen LogP contribution in [-0.4, -0.2) is 11.8 Å². The highest BCUT2D eigenvalue weighted by Crippen LogP contribution is 2.42. The van der Waals surface area contributed by atoms with Gasteiger partial charge in [0.25, 0.3) is 0 Å². The van der Waals surface area contributed by atoms with Crippen LogP contribution in [0.2, 0.25) is 0 Å². The first-order chi connectivity index (χ1) is 5.42. The largest absolute Gasteiger partial charge is 0.348 e. The van der Waals surface area contributed by atoms with Gasteiger partial charge in [-0.3, -0.25) is 0 Å². The Labute approximate surface area is 65.6 Å². The second-order valence-corrected chi connectivity index (χ2v) is 2.25. The van der Waals surface area contributed by atoms with Crippen molar-refractivity contribution in [2.75, 3.05) is 0 Å². The lowest BCUT2D eigenvalue weighted by atomic mass is 9.98. The molecule has 0 saturated carbocycles. The summed E-state index contributed by atoms with van der Waals surface area (Å²) in [5.41, 5.74) is -1.21. The molecule has 0 N–H and O–H groups in total. The zero-order chi connectivity index (χ0) is 9.41. The van der Waals surface area contributed by atoms with Crippen LogP contribution in [0.4, 0.5) is 17.6 Å². The minimum Gasteiger partial charge on any atom is -0.195 e. The fourth-order valence-corrected chi connectivity index (χ4v) is 0.762. The van der Waals surface area contributed by atoms with Crippen LogP contribution < -0.4 is 0 Å². The first-order valence-corrected chi connectivity index (χ1v) is 2.97. The van der Waals surface area contributed by atoms with Crippen molar-refractivity contribution in [1.82, 2.24) is 0 Å². The standard InChI is InChI=1S/C7H3F4N/c8-6(9)3-1-2-5(4-12)7(6,10)11/h1-3H. The summed E-state index contributed by atoms with van der Waals surface area (Å²) in [7, 11) is 0. The highest BCUT2D eigenvalue weighted by atomic mass is 19.3. The number of hydrogen-bond donors (Lipinski definition) is 0. The highest BCUT2D eigenvalue weighted by Gasteiger charge is 2.58. The lowest BCUT2D eigenvalue weighted by Gasteiger charge is -2.25. The fraction of sp³-hybridized carbons (Fsp3) is 0.286. The van der Waals surface area contributed by atoms with E-state index in [0.717, 1.165) is 12.1 Å². The summed E-state index contributed by atoms with van der Waals surface area (Å²) in [6.07, 6.45) is 1.50. The van der Waals surface area contributed by atoms with Gasteiger partial charge in [-0.1, -0.05) is 6.08 Å². The zero-order valence-corrected chi connectivity index (χ0v) is 5.69. The number of halogens is 4. The van der Waals surface area contributed by atoms with Crippen molar-refractivity contribution in [2.24, 2.45) is 0 Å². The first kappa shape index (κ1) is 8.78. The monoisotopic (exact) mass is 177 g/mol. The molecule has 0 saturated heterocycles. The van der Waals surface area contributed by atoms with Gasteiger partial charge in [-0.25, -0.2) is 0 Å². The molecule has 0 aromatic carbocycles. The van der Waals surface area contributed by atoms with Gasteiger partial charge in [0.05, 0.1) is 0 Å². The number of nitriles is 1. The van der Waals surface area contributed by atoms with Gasteiger partial charge in [-0.05, 0) is 12.2 Å². The average Bonchev–Trinajstić information content (AvgIpc) is 1.95. The Bertz CT molecular complexity index is 295. The van der Waals surface area contributed by atoms with Crippen LogP contribution in [0.25, 0.3) is 0 Å². The molecule has 12 heavy (non-hydrogen) atoms.